The molecular formula is C14H18N2O. The van der Waals surface area contributed by atoms with Gasteiger partial charge in [0.15, 0.2) is 0 Å². The van der Waals surface area contributed by atoms with Gasteiger partial charge in [-0.05, 0) is 25.0 Å². The van der Waals surface area contributed by atoms with Gasteiger partial charge in [0, 0.05) is 35.8 Å². The number of para-hydroxylation sites is 1. The second-order valence-corrected chi connectivity index (χ2v) is 5.08. The molecule has 1 unspecified atom stereocenters. The van der Waals surface area contributed by atoms with Gasteiger partial charge in [-0.25, -0.2) is 0 Å². The Kier molecular flexibility index (Phi) is 2.65. The van der Waals surface area contributed by atoms with Gasteiger partial charge in [0.1, 0.15) is 0 Å². The van der Waals surface area contributed by atoms with E-state index in [9.17, 15) is 0 Å². The largest absolute Gasteiger partial charge is 0.379 e. The van der Waals surface area contributed by atoms with E-state index in [1.807, 2.05) is 0 Å². The molecule has 1 saturated heterocycles. The minimum Gasteiger partial charge on any atom is -0.379 e. The van der Waals surface area contributed by atoms with Crippen LogP contribution in [-0.4, -0.2) is 23.7 Å². The monoisotopic (exact) mass is 230 g/mol. The summed E-state index contributed by atoms with van der Waals surface area (Å²) >= 11 is 0. The maximum absolute atomic E-state index is 5.45. The third-order valence-corrected chi connectivity index (χ3v) is 3.60. The average molecular weight is 230 g/mol. The minimum absolute atomic E-state index is 0.137. The Bertz CT molecular complexity index is 512. The number of ether oxygens (including phenoxy) is 1. The Balaban J connectivity index is 1.76. The van der Waals surface area contributed by atoms with Gasteiger partial charge in [0.25, 0.3) is 0 Å². The van der Waals surface area contributed by atoms with Gasteiger partial charge < -0.3 is 15.0 Å². The van der Waals surface area contributed by atoms with Crippen LogP contribution in [0, 0.1) is 0 Å². The average Bonchev–Trinajstić information content (AvgIpc) is 2.94. The minimum atomic E-state index is 0.137. The molecule has 3 nitrogen and oxygen atoms in total. The number of benzene rings is 1. The number of H-pyrrole nitrogens is 1. The highest BCUT2D eigenvalue weighted by Crippen LogP contribution is 2.21. The van der Waals surface area contributed by atoms with Crippen molar-refractivity contribution in [1.29, 1.82) is 0 Å². The highest BCUT2D eigenvalue weighted by Gasteiger charge is 2.28. The summed E-state index contributed by atoms with van der Waals surface area (Å²) in [4.78, 5) is 3.30. The summed E-state index contributed by atoms with van der Waals surface area (Å²) in [6.45, 7) is 4.81. The zero-order valence-electron chi connectivity index (χ0n) is 10.1. The van der Waals surface area contributed by atoms with E-state index < -0.39 is 0 Å². The van der Waals surface area contributed by atoms with Crippen molar-refractivity contribution in [2.24, 2.45) is 0 Å². The van der Waals surface area contributed by atoms with Crippen LogP contribution in [0.2, 0.25) is 0 Å². The fourth-order valence-corrected chi connectivity index (χ4v) is 2.39. The highest BCUT2D eigenvalue weighted by atomic mass is 16.5. The molecule has 17 heavy (non-hydrogen) atoms. The van der Waals surface area contributed by atoms with Gasteiger partial charge in [0.2, 0.25) is 0 Å². The smallest absolute Gasteiger partial charge is 0.0646 e. The molecular weight excluding hydrogens is 212 g/mol. The van der Waals surface area contributed by atoms with Crippen molar-refractivity contribution in [3.8, 4) is 0 Å². The number of nitrogens with one attached hydrogen (secondary N) is 2. The molecule has 0 saturated carbocycles. The lowest BCUT2D eigenvalue weighted by Crippen LogP contribution is -2.42. The molecule has 3 rings (SSSR count). The molecule has 0 radical (unpaired) electrons. The molecule has 0 aliphatic carbocycles. The number of aromatic amines is 1. The van der Waals surface area contributed by atoms with Crippen LogP contribution in [-0.2, 0) is 11.3 Å². The highest BCUT2D eigenvalue weighted by molar-refractivity contribution is 5.82. The molecule has 2 N–H and O–H groups in total. The van der Waals surface area contributed by atoms with Gasteiger partial charge in [-0.1, -0.05) is 18.2 Å². The molecule has 1 fully saturated rings. The Morgan fingerprint density at radius 1 is 1.41 bits per heavy atom. The summed E-state index contributed by atoms with van der Waals surface area (Å²) in [5, 5.41) is 4.92. The fraction of sp³-hybridized carbons (Fsp3) is 0.429. The zero-order valence-corrected chi connectivity index (χ0v) is 10.1. The van der Waals surface area contributed by atoms with Gasteiger partial charge in [-0.15, -0.1) is 0 Å². The van der Waals surface area contributed by atoms with Gasteiger partial charge in [-0.3, -0.25) is 0 Å². The third kappa shape index (κ3) is 2.08. The van der Waals surface area contributed by atoms with E-state index in [0.717, 1.165) is 26.2 Å². The predicted molar refractivity (Wildman–Crippen MR) is 69.0 cm³/mol. The molecule has 0 amide bonds. The number of hydrogen-bond acceptors (Lipinski definition) is 2. The second kappa shape index (κ2) is 4.17. The van der Waals surface area contributed by atoms with Crippen molar-refractivity contribution >= 4 is 10.9 Å². The summed E-state index contributed by atoms with van der Waals surface area (Å²) < 4.78 is 5.45. The zero-order chi connectivity index (χ0) is 11.7. The first-order valence-corrected chi connectivity index (χ1v) is 6.15. The second-order valence-electron chi connectivity index (χ2n) is 5.08. The Labute approximate surface area is 101 Å². The molecule has 1 aromatic carbocycles. The lowest BCUT2D eigenvalue weighted by molar-refractivity contribution is 0.171. The third-order valence-electron chi connectivity index (χ3n) is 3.60. The van der Waals surface area contributed by atoms with Crippen LogP contribution in [0.5, 0.6) is 0 Å². The normalized spacial score (nSPS) is 24.5. The molecule has 0 spiro atoms. The summed E-state index contributed by atoms with van der Waals surface area (Å²) in [7, 11) is 0. The van der Waals surface area contributed by atoms with Crippen molar-refractivity contribution in [2.75, 3.05) is 13.2 Å². The first-order chi connectivity index (χ1) is 8.27. The van der Waals surface area contributed by atoms with E-state index in [2.05, 4.69) is 47.7 Å². The van der Waals surface area contributed by atoms with Crippen LogP contribution < -0.4 is 5.32 Å². The Hall–Kier alpha value is -1.32. The molecule has 1 aliphatic rings. The molecule has 1 atom stereocenters. The van der Waals surface area contributed by atoms with Crippen LogP contribution in [0.4, 0.5) is 0 Å². The molecule has 1 aromatic heterocycles. The molecule has 3 heteroatoms. The summed E-state index contributed by atoms with van der Waals surface area (Å²) in [5.74, 6) is 0. The van der Waals surface area contributed by atoms with Gasteiger partial charge >= 0.3 is 0 Å². The predicted octanol–water partition coefficient (Wildman–Crippen LogP) is 2.44. The SMILES string of the molecule is CC1(NCc2c[nH]c3ccccc23)CCOC1. The fourth-order valence-electron chi connectivity index (χ4n) is 2.39. The quantitative estimate of drug-likeness (QED) is 0.849. The lowest BCUT2D eigenvalue weighted by atomic mass is 10.0. The molecule has 0 bridgehead atoms. The summed E-state index contributed by atoms with van der Waals surface area (Å²) in [6, 6.07) is 8.41. The van der Waals surface area contributed by atoms with E-state index in [4.69, 9.17) is 4.74 Å². The molecule has 1 aliphatic heterocycles. The maximum atomic E-state index is 5.45. The van der Waals surface area contributed by atoms with Crippen LogP contribution in [0.3, 0.4) is 0 Å². The Morgan fingerprint density at radius 3 is 3.12 bits per heavy atom. The van der Waals surface area contributed by atoms with Crippen molar-refractivity contribution in [3.05, 3.63) is 36.0 Å². The van der Waals surface area contributed by atoms with E-state index >= 15 is 0 Å². The van der Waals surface area contributed by atoms with Crippen LogP contribution >= 0.6 is 0 Å². The Morgan fingerprint density at radius 2 is 2.29 bits per heavy atom. The number of fused-ring (bicyclic) bond motifs is 1. The first-order valence-electron chi connectivity index (χ1n) is 6.15. The van der Waals surface area contributed by atoms with Crippen molar-refractivity contribution in [3.63, 3.8) is 0 Å². The van der Waals surface area contributed by atoms with Crippen molar-refractivity contribution < 1.29 is 4.74 Å². The number of aromatic nitrogens is 1. The van der Waals surface area contributed by atoms with E-state index in [-0.39, 0.29) is 5.54 Å². The van der Waals surface area contributed by atoms with E-state index in [0.29, 0.717) is 0 Å². The van der Waals surface area contributed by atoms with Gasteiger partial charge in [-0.2, -0.15) is 0 Å². The van der Waals surface area contributed by atoms with Crippen LogP contribution in [0.25, 0.3) is 10.9 Å². The molecule has 2 aromatic rings. The van der Waals surface area contributed by atoms with E-state index in [1.54, 1.807) is 0 Å². The molecule has 90 valence electrons. The van der Waals surface area contributed by atoms with Crippen molar-refractivity contribution in [2.45, 2.75) is 25.4 Å². The number of rotatable bonds is 3. The van der Waals surface area contributed by atoms with E-state index in [1.165, 1.54) is 16.5 Å². The number of hydrogen-bond donors (Lipinski definition) is 2. The topological polar surface area (TPSA) is 37.0 Å². The standard InChI is InChI=1S/C14H18N2O/c1-14(6-7-17-10-14)16-9-11-8-15-13-5-3-2-4-12(11)13/h2-5,8,15-16H,6-7,9-10H2,1H3. The van der Waals surface area contributed by atoms with Gasteiger partial charge in [0.05, 0.1) is 6.61 Å². The molecule has 2 heterocycles. The summed E-state index contributed by atoms with van der Waals surface area (Å²) in [6.07, 6.45) is 3.19. The first kappa shape index (κ1) is 10.8. The van der Waals surface area contributed by atoms with Crippen LogP contribution in [0.15, 0.2) is 30.5 Å². The summed E-state index contributed by atoms with van der Waals surface area (Å²) in [5.41, 5.74) is 2.67. The van der Waals surface area contributed by atoms with Crippen molar-refractivity contribution in [1.82, 2.24) is 10.3 Å². The maximum Gasteiger partial charge on any atom is 0.0646 e. The van der Waals surface area contributed by atoms with Crippen LogP contribution in [0.1, 0.15) is 18.9 Å². The lowest BCUT2D eigenvalue weighted by Gasteiger charge is -2.23.